The van der Waals surface area contributed by atoms with E-state index in [2.05, 4.69) is 5.10 Å². The second-order valence-electron chi connectivity index (χ2n) is 4.68. The van der Waals surface area contributed by atoms with Gasteiger partial charge in [-0.15, -0.1) is 0 Å². The summed E-state index contributed by atoms with van der Waals surface area (Å²) >= 11 is 0. The zero-order valence-corrected chi connectivity index (χ0v) is 10.5. The molecule has 2 unspecified atom stereocenters. The van der Waals surface area contributed by atoms with Crippen molar-refractivity contribution in [2.45, 2.75) is 31.7 Å². The van der Waals surface area contributed by atoms with Crippen LogP contribution in [0.1, 0.15) is 42.1 Å². The summed E-state index contributed by atoms with van der Waals surface area (Å²) in [7, 11) is 0. The van der Waals surface area contributed by atoms with Crippen molar-refractivity contribution >= 4 is 5.78 Å². The lowest BCUT2D eigenvalue weighted by atomic mass is 10.1. The number of allylic oxidation sites excluding steroid dienone is 2. The Labute approximate surface area is 111 Å². The molecule has 1 heterocycles. The molecule has 5 nitrogen and oxygen atoms in total. The van der Waals surface area contributed by atoms with Crippen LogP contribution in [0.25, 0.3) is 0 Å². The number of aromatic nitrogens is 2. The second kappa shape index (κ2) is 5.97. The number of nitriles is 2. The Morgan fingerprint density at radius 2 is 2.37 bits per heavy atom. The summed E-state index contributed by atoms with van der Waals surface area (Å²) < 4.78 is 1.81. The third kappa shape index (κ3) is 3.08. The van der Waals surface area contributed by atoms with Gasteiger partial charge in [0.25, 0.3) is 0 Å². The maximum atomic E-state index is 11.6. The molecule has 0 amide bonds. The molecule has 0 spiro atoms. The number of nitrogens with zero attached hydrogens (tertiary/aromatic N) is 4. The van der Waals surface area contributed by atoms with Crippen LogP contribution >= 0.6 is 0 Å². The fourth-order valence-electron chi connectivity index (χ4n) is 2.44. The van der Waals surface area contributed by atoms with E-state index in [1.54, 1.807) is 6.20 Å². The molecule has 5 heteroatoms. The molecule has 0 radical (unpaired) electrons. The van der Waals surface area contributed by atoms with Crippen LogP contribution in [0, 0.1) is 28.6 Å². The fraction of sp³-hybridized carbons (Fsp3) is 0.429. The normalized spacial score (nSPS) is 22.2. The van der Waals surface area contributed by atoms with E-state index in [1.807, 2.05) is 22.9 Å². The van der Waals surface area contributed by atoms with Crippen molar-refractivity contribution in [1.29, 1.82) is 10.5 Å². The Morgan fingerprint density at radius 3 is 3.11 bits per heavy atom. The summed E-state index contributed by atoms with van der Waals surface area (Å²) in [5.41, 5.74) is 0.498. The molecule has 1 fully saturated rings. The molecule has 0 N–H and O–H groups in total. The van der Waals surface area contributed by atoms with E-state index in [4.69, 9.17) is 10.5 Å². The minimum atomic E-state index is -0.187. The molecule has 1 aliphatic carbocycles. The minimum absolute atomic E-state index is 0.107. The van der Waals surface area contributed by atoms with Crippen LogP contribution in [0.15, 0.2) is 24.5 Å². The first-order valence-electron chi connectivity index (χ1n) is 6.25. The Morgan fingerprint density at radius 1 is 1.53 bits per heavy atom. The van der Waals surface area contributed by atoms with Crippen LogP contribution in [0.3, 0.4) is 0 Å². The standard InChI is InChI=1S/C14H14N4O/c15-6-1-2-11-3-4-13(8-11)18-10-12(9-17-18)14(19)5-7-16/h1-2,9-11,13H,3-5,8H2. The average Bonchev–Trinajstić information content (AvgIpc) is 3.05. The molecular weight excluding hydrogens is 240 g/mol. The Balaban J connectivity index is 2.01. The molecule has 2 atom stereocenters. The van der Waals surface area contributed by atoms with Crippen molar-refractivity contribution in [3.05, 3.63) is 30.1 Å². The van der Waals surface area contributed by atoms with Gasteiger partial charge in [-0.1, -0.05) is 6.08 Å². The highest BCUT2D eigenvalue weighted by Crippen LogP contribution is 2.34. The quantitative estimate of drug-likeness (QED) is 0.610. The first-order chi connectivity index (χ1) is 9.24. The van der Waals surface area contributed by atoms with Crippen molar-refractivity contribution in [3.8, 4) is 12.1 Å². The van der Waals surface area contributed by atoms with Gasteiger partial charge in [0.1, 0.15) is 0 Å². The van der Waals surface area contributed by atoms with Crippen LogP contribution in [-0.2, 0) is 0 Å². The molecule has 19 heavy (non-hydrogen) atoms. The van der Waals surface area contributed by atoms with Crippen LogP contribution < -0.4 is 0 Å². The van der Waals surface area contributed by atoms with Crippen molar-refractivity contribution in [2.75, 3.05) is 0 Å². The number of ketones is 1. The number of carbonyl (C=O) groups is 1. The van der Waals surface area contributed by atoms with Gasteiger partial charge in [-0.25, -0.2) is 0 Å². The van der Waals surface area contributed by atoms with E-state index in [-0.39, 0.29) is 18.2 Å². The van der Waals surface area contributed by atoms with E-state index in [1.165, 1.54) is 12.3 Å². The van der Waals surface area contributed by atoms with Crippen LogP contribution in [0.5, 0.6) is 0 Å². The zero-order chi connectivity index (χ0) is 13.7. The largest absolute Gasteiger partial charge is 0.293 e. The lowest BCUT2D eigenvalue weighted by molar-refractivity contribution is 0.0997. The average molecular weight is 254 g/mol. The Kier molecular flexibility index (Phi) is 4.10. The van der Waals surface area contributed by atoms with Gasteiger partial charge in [0.2, 0.25) is 0 Å². The van der Waals surface area contributed by atoms with E-state index in [9.17, 15) is 4.79 Å². The first kappa shape index (κ1) is 13.0. The lowest BCUT2D eigenvalue weighted by Gasteiger charge is -2.09. The number of carbonyl (C=O) groups excluding carboxylic acids is 1. The molecule has 2 rings (SSSR count). The van der Waals surface area contributed by atoms with Crippen molar-refractivity contribution in [3.63, 3.8) is 0 Å². The summed E-state index contributed by atoms with van der Waals surface area (Å²) in [5.74, 6) is 0.222. The van der Waals surface area contributed by atoms with Gasteiger partial charge in [0.15, 0.2) is 5.78 Å². The molecule has 0 saturated heterocycles. The fourth-order valence-corrected chi connectivity index (χ4v) is 2.44. The van der Waals surface area contributed by atoms with Gasteiger partial charge in [0.05, 0.1) is 36.4 Å². The highest BCUT2D eigenvalue weighted by molar-refractivity contribution is 5.96. The van der Waals surface area contributed by atoms with Crippen LogP contribution in [-0.4, -0.2) is 15.6 Å². The van der Waals surface area contributed by atoms with Crippen LogP contribution in [0.4, 0.5) is 0 Å². The molecule has 0 aromatic carbocycles. The molecule has 1 saturated carbocycles. The number of hydrogen-bond donors (Lipinski definition) is 0. The van der Waals surface area contributed by atoms with Gasteiger partial charge < -0.3 is 0 Å². The summed E-state index contributed by atoms with van der Waals surface area (Å²) in [6.45, 7) is 0. The predicted molar refractivity (Wildman–Crippen MR) is 67.9 cm³/mol. The number of rotatable bonds is 4. The van der Waals surface area contributed by atoms with Gasteiger partial charge in [-0.05, 0) is 25.2 Å². The van der Waals surface area contributed by atoms with E-state index < -0.39 is 0 Å². The third-order valence-electron chi connectivity index (χ3n) is 3.43. The highest BCUT2D eigenvalue weighted by atomic mass is 16.1. The monoisotopic (exact) mass is 254 g/mol. The third-order valence-corrected chi connectivity index (χ3v) is 3.43. The van der Waals surface area contributed by atoms with Gasteiger partial charge >= 0.3 is 0 Å². The topological polar surface area (TPSA) is 82.5 Å². The van der Waals surface area contributed by atoms with Crippen molar-refractivity contribution in [2.24, 2.45) is 5.92 Å². The molecule has 96 valence electrons. The summed E-state index contributed by atoms with van der Waals surface area (Å²) in [6, 6.07) is 4.13. The highest BCUT2D eigenvalue weighted by Gasteiger charge is 2.25. The predicted octanol–water partition coefficient (Wildman–Crippen LogP) is 2.40. The molecular formula is C14H14N4O. The van der Waals surface area contributed by atoms with Crippen LogP contribution in [0.2, 0.25) is 0 Å². The zero-order valence-electron chi connectivity index (χ0n) is 10.5. The van der Waals surface area contributed by atoms with Gasteiger partial charge in [-0.2, -0.15) is 15.6 Å². The molecule has 0 bridgehead atoms. The van der Waals surface area contributed by atoms with E-state index >= 15 is 0 Å². The summed E-state index contributed by atoms with van der Waals surface area (Å²) in [5, 5.41) is 21.2. The van der Waals surface area contributed by atoms with Gasteiger partial charge in [0, 0.05) is 12.3 Å². The van der Waals surface area contributed by atoms with E-state index in [0.29, 0.717) is 11.5 Å². The number of Topliss-reactive ketones (excluding diaryl/α,β-unsaturated/α-hetero) is 1. The second-order valence-corrected chi connectivity index (χ2v) is 4.68. The van der Waals surface area contributed by atoms with Crippen molar-refractivity contribution < 1.29 is 4.79 Å². The minimum Gasteiger partial charge on any atom is -0.293 e. The maximum Gasteiger partial charge on any atom is 0.180 e. The van der Waals surface area contributed by atoms with Crippen molar-refractivity contribution in [1.82, 2.24) is 9.78 Å². The smallest absolute Gasteiger partial charge is 0.180 e. The molecule has 1 aliphatic rings. The first-order valence-corrected chi connectivity index (χ1v) is 6.25. The SMILES string of the molecule is N#CC=CC1CCC(n2cc(C(=O)CC#N)cn2)C1. The Hall–Kier alpha value is -2.40. The maximum absolute atomic E-state index is 11.6. The lowest BCUT2D eigenvalue weighted by Crippen LogP contribution is -2.06. The molecule has 1 aromatic rings. The Bertz CT molecular complexity index is 573. The molecule has 1 aromatic heterocycles. The summed E-state index contributed by atoms with van der Waals surface area (Å²) in [4.78, 5) is 11.6. The summed E-state index contributed by atoms with van der Waals surface area (Å²) in [6.07, 6.45) is 9.57. The number of hydrogen-bond acceptors (Lipinski definition) is 4. The molecule has 0 aliphatic heterocycles. The van der Waals surface area contributed by atoms with Gasteiger partial charge in [-0.3, -0.25) is 9.48 Å². The van der Waals surface area contributed by atoms with E-state index in [0.717, 1.165) is 19.3 Å².